The molecule has 0 spiro atoms. The Hall–Kier alpha value is -3.94. The Morgan fingerprint density at radius 1 is 1.06 bits per heavy atom. The van der Waals surface area contributed by atoms with E-state index in [1.165, 1.54) is 17.7 Å². The summed E-state index contributed by atoms with van der Waals surface area (Å²) in [6.07, 6.45) is 8.30. The van der Waals surface area contributed by atoms with E-state index in [0.29, 0.717) is 23.9 Å². The third kappa shape index (κ3) is 4.69. The van der Waals surface area contributed by atoms with Gasteiger partial charge in [0.05, 0.1) is 6.20 Å². The number of hydrogen-bond donors (Lipinski definition) is 1. The summed E-state index contributed by atoms with van der Waals surface area (Å²) in [5.41, 5.74) is 3.48. The van der Waals surface area contributed by atoms with Gasteiger partial charge in [-0.25, -0.2) is 9.37 Å². The lowest BCUT2D eigenvalue weighted by molar-refractivity contribution is 0.301. The molecule has 0 amide bonds. The SMILES string of the molecule is Fc1ccc2[nH]c(-c3nc(COc4ccc(CCCCn5ccnn5)cc4)co3)cc2c1. The fourth-order valence-corrected chi connectivity index (χ4v) is 3.58. The summed E-state index contributed by atoms with van der Waals surface area (Å²) in [5, 5.41) is 8.56. The molecule has 162 valence electrons. The molecule has 0 radical (unpaired) electrons. The first-order chi connectivity index (χ1) is 15.7. The fourth-order valence-electron chi connectivity index (χ4n) is 3.58. The van der Waals surface area contributed by atoms with Gasteiger partial charge in [-0.15, -0.1) is 5.10 Å². The number of benzene rings is 2. The Morgan fingerprint density at radius 2 is 1.97 bits per heavy atom. The van der Waals surface area contributed by atoms with Gasteiger partial charge in [0.15, 0.2) is 0 Å². The molecule has 0 aliphatic carbocycles. The van der Waals surface area contributed by atoms with Crippen molar-refractivity contribution in [3.63, 3.8) is 0 Å². The number of aromatic amines is 1. The van der Waals surface area contributed by atoms with Gasteiger partial charge in [-0.1, -0.05) is 17.3 Å². The minimum atomic E-state index is -0.276. The van der Waals surface area contributed by atoms with Crippen LogP contribution < -0.4 is 4.74 Å². The molecule has 0 atom stereocenters. The third-order valence-electron chi connectivity index (χ3n) is 5.25. The average Bonchev–Trinajstić information content (AvgIpc) is 3.56. The summed E-state index contributed by atoms with van der Waals surface area (Å²) < 4.78 is 26.7. The largest absolute Gasteiger partial charge is 0.487 e. The van der Waals surface area contributed by atoms with Crippen molar-refractivity contribution in [3.8, 4) is 17.3 Å². The summed E-state index contributed by atoms with van der Waals surface area (Å²) >= 11 is 0. The van der Waals surface area contributed by atoms with Crippen LogP contribution >= 0.6 is 0 Å². The maximum absolute atomic E-state index is 13.4. The zero-order chi connectivity index (χ0) is 21.8. The lowest BCUT2D eigenvalue weighted by Gasteiger charge is -2.06. The van der Waals surface area contributed by atoms with Gasteiger partial charge in [-0.3, -0.25) is 4.68 Å². The first-order valence-corrected chi connectivity index (χ1v) is 10.5. The number of rotatable bonds is 9. The number of ether oxygens (including phenoxy) is 1. The van der Waals surface area contributed by atoms with Crippen molar-refractivity contribution < 1.29 is 13.5 Å². The average molecular weight is 431 g/mol. The zero-order valence-electron chi connectivity index (χ0n) is 17.4. The van der Waals surface area contributed by atoms with E-state index in [0.717, 1.165) is 42.5 Å². The second kappa shape index (κ2) is 9.05. The molecular formula is C24H22FN5O2. The summed E-state index contributed by atoms with van der Waals surface area (Å²) in [4.78, 5) is 7.66. The van der Waals surface area contributed by atoms with E-state index >= 15 is 0 Å². The molecule has 0 fully saturated rings. The molecule has 3 aromatic heterocycles. The van der Waals surface area contributed by atoms with Crippen LogP contribution in [0.1, 0.15) is 24.1 Å². The lowest BCUT2D eigenvalue weighted by Crippen LogP contribution is -1.99. The van der Waals surface area contributed by atoms with Crippen molar-refractivity contribution in [1.82, 2.24) is 25.0 Å². The summed E-state index contributed by atoms with van der Waals surface area (Å²) in [7, 11) is 0. The molecule has 5 aromatic rings. The number of halogens is 1. The van der Waals surface area contributed by atoms with Crippen molar-refractivity contribution in [2.24, 2.45) is 0 Å². The molecular weight excluding hydrogens is 409 g/mol. The number of oxazole rings is 1. The topological polar surface area (TPSA) is 81.8 Å². The molecule has 2 aromatic carbocycles. The Balaban J connectivity index is 1.12. The van der Waals surface area contributed by atoms with Gasteiger partial charge in [0.1, 0.15) is 35.8 Å². The normalized spacial score (nSPS) is 11.3. The standard InChI is InChI=1S/C24H22FN5O2/c25-19-6-9-22-18(13-19)14-23(28-22)24-27-20(16-32-24)15-31-21-7-4-17(5-8-21)3-1-2-11-30-12-10-26-29-30/h4-10,12-14,16,28H,1-3,11,15H2. The zero-order valence-corrected chi connectivity index (χ0v) is 17.4. The molecule has 0 aliphatic rings. The first kappa shape index (κ1) is 20.0. The number of aryl methyl sites for hydroxylation is 2. The third-order valence-corrected chi connectivity index (χ3v) is 5.25. The Labute approximate surface area is 183 Å². The molecule has 0 unspecified atom stereocenters. The lowest BCUT2D eigenvalue weighted by atomic mass is 10.1. The molecule has 0 saturated carbocycles. The van der Waals surface area contributed by atoms with E-state index in [4.69, 9.17) is 9.15 Å². The van der Waals surface area contributed by atoms with E-state index in [-0.39, 0.29) is 5.82 Å². The highest BCUT2D eigenvalue weighted by molar-refractivity contribution is 5.84. The second-order valence-electron chi connectivity index (χ2n) is 7.61. The highest BCUT2D eigenvalue weighted by atomic mass is 19.1. The van der Waals surface area contributed by atoms with Crippen LogP contribution in [0.4, 0.5) is 4.39 Å². The van der Waals surface area contributed by atoms with Crippen molar-refractivity contribution in [1.29, 1.82) is 0 Å². The Bertz CT molecular complexity index is 1290. The predicted octanol–water partition coefficient (Wildman–Crippen LogP) is 5.16. The van der Waals surface area contributed by atoms with Gasteiger partial charge in [0.25, 0.3) is 0 Å². The molecule has 7 nitrogen and oxygen atoms in total. The summed E-state index contributed by atoms with van der Waals surface area (Å²) in [6, 6.07) is 14.5. The Morgan fingerprint density at radius 3 is 2.81 bits per heavy atom. The summed E-state index contributed by atoms with van der Waals surface area (Å²) in [5.74, 6) is 0.950. The summed E-state index contributed by atoms with van der Waals surface area (Å²) in [6.45, 7) is 1.19. The van der Waals surface area contributed by atoms with Crippen LogP contribution in [-0.2, 0) is 19.6 Å². The van der Waals surface area contributed by atoms with Gasteiger partial charge in [-0.05, 0) is 61.2 Å². The maximum Gasteiger partial charge on any atom is 0.243 e. The van der Waals surface area contributed by atoms with Crippen molar-refractivity contribution >= 4 is 10.9 Å². The van der Waals surface area contributed by atoms with E-state index < -0.39 is 0 Å². The van der Waals surface area contributed by atoms with E-state index in [9.17, 15) is 4.39 Å². The van der Waals surface area contributed by atoms with Crippen LogP contribution in [0.15, 0.2) is 71.6 Å². The smallest absolute Gasteiger partial charge is 0.243 e. The van der Waals surface area contributed by atoms with Gasteiger partial charge in [0.2, 0.25) is 5.89 Å². The van der Waals surface area contributed by atoms with Crippen LogP contribution in [-0.4, -0.2) is 25.0 Å². The highest BCUT2D eigenvalue weighted by Crippen LogP contribution is 2.25. The molecule has 0 aliphatic heterocycles. The van der Waals surface area contributed by atoms with Crippen LogP contribution in [0.2, 0.25) is 0 Å². The maximum atomic E-state index is 13.4. The van der Waals surface area contributed by atoms with Crippen LogP contribution in [0.25, 0.3) is 22.5 Å². The van der Waals surface area contributed by atoms with Gasteiger partial charge in [0, 0.05) is 23.6 Å². The molecule has 8 heteroatoms. The van der Waals surface area contributed by atoms with E-state index in [2.05, 4.69) is 32.4 Å². The van der Waals surface area contributed by atoms with Gasteiger partial charge in [-0.2, -0.15) is 0 Å². The molecule has 5 rings (SSSR count). The first-order valence-electron chi connectivity index (χ1n) is 10.5. The monoisotopic (exact) mass is 431 g/mol. The van der Waals surface area contributed by atoms with E-state index in [1.807, 2.05) is 29.1 Å². The number of H-pyrrole nitrogens is 1. The van der Waals surface area contributed by atoms with Crippen LogP contribution in [0.5, 0.6) is 5.75 Å². The molecule has 3 heterocycles. The number of aromatic nitrogens is 5. The van der Waals surface area contributed by atoms with Crippen molar-refractivity contribution in [2.75, 3.05) is 0 Å². The highest BCUT2D eigenvalue weighted by Gasteiger charge is 2.11. The Kier molecular flexibility index (Phi) is 5.65. The second-order valence-corrected chi connectivity index (χ2v) is 7.61. The number of fused-ring (bicyclic) bond motifs is 1. The molecule has 0 bridgehead atoms. The van der Waals surface area contributed by atoms with Gasteiger partial charge < -0.3 is 14.1 Å². The van der Waals surface area contributed by atoms with Crippen LogP contribution in [0.3, 0.4) is 0 Å². The number of nitrogens with zero attached hydrogens (tertiary/aromatic N) is 4. The van der Waals surface area contributed by atoms with Crippen molar-refractivity contribution in [3.05, 3.63) is 84.3 Å². The van der Waals surface area contributed by atoms with Crippen LogP contribution in [0, 0.1) is 5.82 Å². The molecule has 0 saturated heterocycles. The number of nitrogens with one attached hydrogen (secondary N) is 1. The molecule has 1 N–H and O–H groups in total. The minimum absolute atomic E-state index is 0.276. The molecule has 32 heavy (non-hydrogen) atoms. The quantitative estimate of drug-likeness (QED) is 0.326. The van der Waals surface area contributed by atoms with E-state index in [1.54, 1.807) is 18.5 Å². The minimum Gasteiger partial charge on any atom is -0.487 e. The fraction of sp³-hybridized carbons (Fsp3) is 0.208. The number of unbranched alkanes of at least 4 members (excludes halogenated alkanes) is 1. The number of hydrogen-bond acceptors (Lipinski definition) is 5. The van der Waals surface area contributed by atoms with Crippen molar-refractivity contribution in [2.45, 2.75) is 32.4 Å². The predicted molar refractivity (Wildman–Crippen MR) is 117 cm³/mol. The van der Waals surface area contributed by atoms with Gasteiger partial charge >= 0.3 is 0 Å².